The highest BCUT2D eigenvalue weighted by Crippen LogP contribution is 2.51. The van der Waals surface area contributed by atoms with Crippen LogP contribution in [-0.4, -0.2) is 47.0 Å². The molecule has 4 aliphatic rings. The Morgan fingerprint density at radius 1 is 1.26 bits per heavy atom. The van der Waals surface area contributed by atoms with Crippen molar-refractivity contribution in [2.45, 2.75) is 37.3 Å². The van der Waals surface area contributed by atoms with E-state index in [0.29, 0.717) is 29.5 Å². The van der Waals surface area contributed by atoms with Crippen LogP contribution < -0.4 is 10.5 Å². The first kappa shape index (κ1) is 22.0. The van der Waals surface area contributed by atoms with Crippen molar-refractivity contribution >= 4 is 11.9 Å². The second-order valence-electron chi connectivity index (χ2n) is 9.78. The molecule has 0 bridgehead atoms. The number of ether oxygens (including phenoxy) is 2. The molecule has 1 saturated carbocycles. The van der Waals surface area contributed by atoms with Gasteiger partial charge in [0.15, 0.2) is 12.4 Å². The monoisotopic (exact) mass is 478 g/mol. The number of fused-ring (bicyclic) bond motifs is 1. The van der Waals surface area contributed by atoms with Crippen molar-refractivity contribution in [2.24, 2.45) is 28.5 Å². The van der Waals surface area contributed by atoms with Gasteiger partial charge in [0.25, 0.3) is 0 Å². The van der Waals surface area contributed by atoms with Crippen LogP contribution in [0.15, 0.2) is 70.1 Å². The van der Waals surface area contributed by atoms with Crippen LogP contribution in [0.25, 0.3) is 11.3 Å². The van der Waals surface area contributed by atoms with Crippen LogP contribution in [0.3, 0.4) is 0 Å². The van der Waals surface area contributed by atoms with Gasteiger partial charge in [-0.1, -0.05) is 12.1 Å². The maximum Gasteiger partial charge on any atom is 0.234 e. The Kier molecular flexibility index (Phi) is 5.25. The molecule has 2 aromatic rings. The van der Waals surface area contributed by atoms with Gasteiger partial charge in [0.05, 0.1) is 18.6 Å². The maximum atomic E-state index is 15.4. The Bertz CT molecular complexity index is 1240. The highest BCUT2D eigenvalue weighted by Gasteiger charge is 2.59. The fraction of sp³-hybridized carbons (Fsp3) is 0.423. The van der Waals surface area contributed by atoms with Crippen molar-refractivity contribution in [2.75, 3.05) is 13.7 Å². The summed E-state index contributed by atoms with van der Waals surface area (Å²) < 4.78 is 32.9. The highest BCUT2D eigenvalue weighted by atomic mass is 19.1. The van der Waals surface area contributed by atoms with Crippen molar-refractivity contribution in [3.05, 3.63) is 60.7 Å². The fourth-order valence-electron chi connectivity index (χ4n) is 5.50. The average Bonchev–Trinajstić information content (AvgIpc) is 3.57. The minimum absolute atomic E-state index is 0.00108. The predicted molar refractivity (Wildman–Crippen MR) is 126 cm³/mol. The molecule has 1 amide bonds. The van der Waals surface area contributed by atoms with Gasteiger partial charge in [-0.2, -0.15) is 0 Å². The topological polar surface area (TPSA) is 103 Å². The first-order valence-electron chi connectivity index (χ1n) is 11.9. The van der Waals surface area contributed by atoms with Crippen LogP contribution >= 0.6 is 0 Å². The van der Waals surface area contributed by atoms with E-state index < -0.39 is 17.4 Å². The number of carbonyl (C=O) groups is 1. The van der Waals surface area contributed by atoms with E-state index in [9.17, 15) is 4.79 Å². The molecule has 3 heterocycles. The lowest BCUT2D eigenvalue weighted by Crippen LogP contribution is -2.64. The summed E-state index contributed by atoms with van der Waals surface area (Å²) >= 11 is 0. The lowest BCUT2D eigenvalue weighted by atomic mass is 9.66. The standard InChI is InChI=1S/C26H27FN4O4/c1-31-24(32)20-11-23(15-5-6-15)34-13-26(20,30-25(31)28)19-10-18(7-8-21(19)27)35-17-4-2-3-16(9-17)22-12-33-14-29-22/h2-4,7-9,12,14-15,19-20,23H,5-6,10-11,13H2,1H3,(H2,28,30)/t19?,20-,23+,26+/m0/s1. The van der Waals surface area contributed by atoms with E-state index in [0.717, 1.165) is 18.4 Å². The van der Waals surface area contributed by atoms with E-state index in [1.54, 1.807) is 19.4 Å². The Hall–Kier alpha value is -3.46. The summed E-state index contributed by atoms with van der Waals surface area (Å²) in [7, 11) is 1.62. The number of allylic oxidation sites excluding steroid dienone is 3. The smallest absolute Gasteiger partial charge is 0.234 e. The number of aliphatic imine (C=N–C) groups is 1. The molecule has 2 fully saturated rings. The summed E-state index contributed by atoms with van der Waals surface area (Å²) in [6, 6.07) is 7.44. The van der Waals surface area contributed by atoms with Gasteiger partial charge in [-0.3, -0.25) is 9.69 Å². The van der Waals surface area contributed by atoms with Gasteiger partial charge in [0.2, 0.25) is 5.91 Å². The number of hydrogen-bond donors (Lipinski definition) is 1. The molecule has 8 nitrogen and oxygen atoms in total. The molecule has 1 saturated heterocycles. The first-order valence-corrected chi connectivity index (χ1v) is 11.9. The number of hydrogen-bond acceptors (Lipinski definition) is 7. The van der Waals surface area contributed by atoms with Crippen molar-refractivity contribution in [3.8, 4) is 17.0 Å². The molecule has 1 aromatic heterocycles. The fourth-order valence-corrected chi connectivity index (χ4v) is 5.50. The number of aromatic nitrogens is 1. The zero-order valence-electron chi connectivity index (χ0n) is 19.4. The van der Waals surface area contributed by atoms with Gasteiger partial charge < -0.3 is 19.6 Å². The molecule has 9 heteroatoms. The number of halogens is 1. The van der Waals surface area contributed by atoms with E-state index in [2.05, 4.69) is 4.98 Å². The van der Waals surface area contributed by atoms with Gasteiger partial charge in [-0.25, -0.2) is 14.4 Å². The van der Waals surface area contributed by atoms with Gasteiger partial charge in [-0.15, -0.1) is 0 Å². The zero-order chi connectivity index (χ0) is 24.2. The summed E-state index contributed by atoms with van der Waals surface area (Å²) in [5.74, 6) is 0.0304. The second-order valence-corrected chi connectivity index (χ2v) is 9.78. The quantitative estimate of drug-likeness (QED) is 0.701. The summed E-state index contributed by atoms with van der Waals surface area (Å²) in [6.07, 6.45) is 8.92. The Labute approximate surface area is 202 Å². The molecule has 182 valence electrons. The Morgan fingerprint density at radius 2 is 2.11 bits per heavy atom. The SMILES string of the molecule is CN1C(=O)[C@@H]2C[C@H](C3CC3)OC[C@]2(C2CC(Oc3cccc(-c4cocn4)c3)=CC=C2F)N=C1N. The molecule has 1 aromatic carbocycles. The molecule has 35 heavy (non-hydrogen) atoms. The molecule has 0 spiro atoms. The number of carbonyl (C=O) groups excluding carboxylic acids is 1. The minimum Gasteiger partial charge on any atom is -0.462 e. The van der Waals surface area contributed by atoms with Gasteiger partial charge in [0, 0.05) is 24.9 Å². The lowest BCUT2D eigenvalue weighted by molar-refractivity contribution is -0.149. The van der Waals surface area contributed by atoms with Gasteiger partial charge >= 0.3 is 0 Å². The Morgan fingerprint density at radius 3 is 2.89 bits per heavy atom. The van der Waals surface area contributed by atoms with Gasteiger partial charge in [0.1, 0.15) is 34.8 Å². The summed E-state index contributed by atoms with van der Waals surface area (Å²) in [4.78, 5) is 23.6. The number of guanidine groups is 1. The normalized spacial score (nSPS) is 30.8. The number of rotatable bonds is 5. The third-order valence-corrected chi connectivity index (χ3v) is 7.62. The number of amides is 1. The molecule has 0 radical (unpaired) electrons. The van der Waals surface area contributed by atoms with E-state index in [-0.39, 0.29) is 36.8 Å². The van der Waals surface area contributed by atoms with Crippen molar-refractivity contribution < 1.29 is 23.1 Å². The summed E-state index contributed by atoms with van der Waals surface area (Å²) in [5.41, 5.74) is 6.57. The maximum absolute atomic E-state index is 15.4. The molecule has 1 unspecified atom stereocenters. The van der Waals surface area contributed by atoms with E-state index in [1.807, 2.05) is 24.3 Å². The number of nitrogens with two attached hydrogens (primary N) is 1. The molecule has 2 aliphatic carbocycles. The van der Waals surface area contributed by atoms with E-state index in [4.69, 9.17) is 24.6 Å². The third-order valence-electron chi connectivity index (χ3n) is 7.62. The molecule has 2 N–H and O–H groups in total. The Balaban J connectivity index is 1.29. The number of benzene rings is 1. The van der Waals surface area contributed by atoms with Crippen molar-refractivity contribution in [1.29, 1.82) is 0 Å². The predicted octanol–water partition coefficient (Wildman–Crippen LogP) is 3.82. The average molecular weight is 479 g/mol. The highest BCUT2D eigenvalue weighted by molar-refractivity contribution is 6.00. The lowest BCUT2D eigenvalue weighted by Gasteiger charge is -2.50. The molecular formula is C26H27FN4O4. The van der Waals surface area contributed by atoms with Gasteiger partial charge in [-0.05, 0) is 49.5 Å². The van der Waals surface area contributed by atoms with Crippen molar-refractivity contribution in [1.82, 2.24) is 9.88 Å². The van der Waals surface area contributed by atoms with E-state index >= 15 is 4.39 Å². The van der Waals surface area contributed by atoms with Crippen LogP contribution in [-0.2, 0) is 9.53 Å². The zero-order valence-corrected chi connectivity index (χ0v) is 19.4. The van der Waals surface area contributed by atoms with Crippen LogP contribution in [0.5, 0.6) is 5.75 Å². The van der Waals surface area contributed by atoms with Crippen LogP contribution in [0.1, 0.15) is 25.7 Å². The third kappa shape index (κ3) is 3.83. The molecule has 2 aliphatic heterocycles. The van der Waals surface area contributed by atoms with Crippen molar-refractivity contribution in [3.63, 3.8) is 0 Å². The number of oxazole rings is 1. The number of nitrogens with zero attached hydrogens (tertiary/aromatic N) is 3. The summed E-state index contributed by atoms with van der Waals surface area (Å²) in [6.45, 7) is 0.153. The van der Waals surface area contributed by atoms with Crippen LogP contribution in [0.2, 0.25) is 0 Å². The largest absolute Gasteiger partial charge is 0.462 e. The van der Waals surface area contributed by atoms with E-state index in [1.165, 1.54) is 17.4 Å². The molecule has 4 atom stereocenters. The van der Waals surface area contributed by atoms with Crippen LogP contribution in [0, 0.1) is 17.8 Å². The summed E-state index contributed by atoms with van der Waals surface area (Å²) in [5, 5.41) is 0. The molecule has 6 rings (SSSR count). The van der Waals surface area contributed by atoms with Crippen LogP contribution in [0.4, 0.5) is 4.39 Å². The first-order chi connectivity index (χ1) is 16.9. The molecular weight excluding hydrogens is 451 g/mol. The minimum atomic E-state index is -1.11. The second kappa shape index (κ2) is 8.34.